The lowest BCUT2D eigenvalue weighted by atomic mass is 9.87. The molecule has 0 unspecified atom stereocenters. The largest absolute Gasteiger partial charge is 0.323 e. The molecule has 0 bridgehead atoms. The lowest BCUT2D eigenvalue weighted by molar-refractivity contribution is 0.331. The van der Waals surface area contributed by atoms with E-state index < -0.39 is 0 Å². The SMILES string of the molecule is CC(C)(C)[C@H](N)c1cc(Br)cs1. The highest BCUT2D eigenvalue weighted by atomic mass is 79.9. The quantitative estimate of drug-likeness (QED) is 0.808. The number of thiophene rings is 1. The van der Waals surface area contributed by atoms with E-state index >= 15 is 0 Å². The summed E-state index contributed by atoms with van der Waals surface area (Å²) < 4.78 is 1.13. The van der Waals surface area contributed by atoms with Gasteiger partial charge in [-0.25, -0.2) is 0 Å². The zero-order valence-corrected chi connectivity index (χ0v) is 10.00. The molecule has 68 valence electrons. The normalized spacial score (nSPS) is 14.8. The molecule has 0 aliphatic carbocycles. The molecule has 0 aromatic carbocycles. The highest BCUT2D eigenvalue weighted by Gasteiger charge is 2.23. The standard InChI is InChI=1S/C9H14BrNS/c1-9(2,3)8(11)7-4-6(10)5-12-7/h4-5,8H,11H2,1-3H3/t8-/m1/s1. The summed E-state index contributed by atoms with van der Waals surface area (Å²) in [6.45, 7) is 6.47. The lowest BCUT2D eigenvalue weighted by Gasteiger charge is -2.25. The molecule has 1 aromatic rings. The number of halogens is 1. The third-order valence-corrected chi connectivity index (χ3v) is 3.60. The first-order valence-corrected chi connectivity index (χ1v) is 5.58. The van der Waals surface area contributed by atoms with Crippen LogP contribution in [0.25, 0.3) is 0 Å². The van der Waals surface area contributed by atoms with Crippen molar-refractivity contribution in [1.29, 1.82) is 0 Å². The van der Waals surface area contributed by atoms with Crippen molar-refractivity contribution in [2.24, 2.45) is 11.1 Å². The summed E-state index contributed by atoms with van der Waals surface area (Å²) in [7, 11) is 0. The Kier molecular flexibility index (Phi) is 2.97. The van der Waals surface area contributed by atoms with Gasteiger partial charge in [0.1, 0.15) is 0 Å². The van der Waals surface area contributed by atoms with Gasteiger partial charge in [-0.15, -0.1) is 11.3 Å². The number of rotatable bonds is 1. The van der Waals surface area contributed by atoms with Crippen LogP contribution in [0.3, 0.4) is 0 Å². The molecule has 1 nitrogen and oxygen atoms in total. The summed E-state index contributed by atoms with van der Waals surface area (Å²) >= 11 is 5.13. The second-order valence-corrected chi connectivity index (χ2v) is 5.87. The number of hydrogen-bond donors (Lipinski definition) is 1. The molecule has 1 heterocycles. The maximum absolute atomic E-state index is 6.07. The Morgan fingerprint density at radius 2 is 2.08 bits per heavy atom. The Hall–Kier alpha value is 0.140. The number of hydrogen-bond acceptors (Lipinski definition) is 2. The van der Waals surface area contributed by atoms with E-state index in [2.05, 4.69) is 48.1 Å². The minimum Gasteiger partial charge on any atom is -0.323 e. The Bertz CT molecular complexity index is 262. The average Bonchev–Trinajstić information content (AvgIpc) is 2.32. The van der Waals surface area contributed by atoms with Gasteiger partial charge in [0.15, 0.2) is 0 Å². The van der Waals surface area contributed by atoms with Crippen molar-refractivity contribution in [3.05, 3.63) is 20.8 Å². The Morgan fingerprint density at radius 3 is 2.42 bits per heavy atom. The van der Waals surface area contributed by atoms with Gasteiger partial charge < -0.3 is 5.73 Å². The molecule has 1 rings (SSSR count). The Balaban J connectivity index is 2.85. The van der Waals surface area contributed by atoms with Gasteiger partial charge in [0.25, 0.3) is 0 Å². The molecule has 0 saturated heterocycles. The second-order valence-electron chi connectivity index (χ2n) is 4.01. The molecule has 3 heteroatoms. The molecular weight excluding hydrogens is 234 g/mol. The minimum atomic E-state index is 0.133. The van der Waals surface area contributed by atoms with E-state index in [0.717, 1.165) is 4.47 Å². The summed E-state index contributed by atoms with van der Waals surface area (Å²) in [5.41, 5.74) is 6.22. The van der Waals surface area contributed by atoms with E-state index in [-0.39, 0.29) is 11.5 Å². The van der Waals surface area contributed by atoms with E-state index in [9.17, 15) is 0 Å². The van der Waals surface area contributed by atoms with Crippen molar-refractivity contribution in [2.75, 3.05) is 0 Å². The van der Waals surface area contributed by atoms with Crippen molar-refractivity contribution in [2.45, 2.75) is 26.8 Å². The van der Waals surface area contributed by atoms with Crippen LogP contribution < -0.4 is 5.73 Å². The van der Waals surface area contributed by atoms with Crippen LogP contribution in [0.2, 0.25) is 0 Å². The van der Waals surface area contributed by atoms with Crippen molar-refractivity contribution in [1.82, 2.24) is 0 Å². The van der Waals surface area contributed by atoms with Gasteiger partial charge >= 0.3 is 0 Å². The van der Waals surface area contributed by atoms with Crippen LogP contribution in [0, 0.1) is 5.41 Å². The fourth-order valence-electron chi connectivity index (χ4n) is 0.918. The van der Waals surface area contributed by atoms with E-state index in [4.69, 9.17) is 5.73 Å². The van der Waals surface area contributed by atoms with Crippen LogP contribution in [0.4, 0.5) is 0 Å². The first kappa shape index (κ1) is 10.2. The fraction of sp³-hybridized carbons (Fsp3) is 0.556. The molecule has 12 heavy (non-hydrogen) atoms. The van der Waals surface area contributed by atoms with E-state index in [1.807, 2.05) is 0 Å². The summed E-state index contributed by atoms with van der Waals surface area (Å²) in [5.74, 6) is 0. The smallest absolute Gasteiger partial charge is 0.0439 e. The third-order valence-electron chi connectivity index (χ3n) is 1.83. The molecule has 1 atom stereocenters. The van der Waals surface area contributed by atoms with Crippen LogP contribution >= 0.6 is 27.3 Å². The van der Waals surface area contributed by atoms with Gasteiger partial charge in [0, 0.05) is 20.8 Å². The summed E-state index contributed by atoms with van der Waals surface area (Å²) in [6.07, 6.45) is 0. The highest BCUT2D eigenvalue weighted by molar-refractivity contribution is 9.10. The van der Waals surface area contributed by atoms with Gasteiger partial charge in [-0.1, -0.05) is 20.8 Å². The minimum absolute atomic E-state index is 0.133. The lowest BCUT2D eigenvalue weighted by Crippen LogP contribution is -2.25. The van der Waals surface area contributed by atoms with Crippen LogP contribution in [0.1, 0.15) is 31.7 Å². The molecule has 0 amide bonds. The van der Waals surface area contributed by atoms with Gasteiger partial charge in [-0.05, 0) is 27.4 Å². The van der Waals surface area contributed by atoms with Crippen molar-refractivity contribution in [3.8, 4) is 0 Å². The van der Waals surface area contributed by atoms with Gasteiger partial charge in [0.05, 0.1) is 0 Å². The van der Waals surface area contributed by atoms with Crippen LogP contribution in [0.5, 0.6) is 0 Å². The molecule has 0 spiro atoms. The van der Waals surface area contributed by atoms with Gasteiger partial charge in [-0.3, -0.25) is 0 Å². The molecule has 2 N–H and O–H groups in total. The fourth-order valence-corrected chi connectivity index (χ4v) is 2.61. The molecule has 0 saturated carbocycles. The maximum Gasteiger partial charge on any atom is 0.0439 e. The van der Waals surface area contributed by atoms with E-state index in [1.165, 1.54) is 4.88 Å². The molecule has 0 fully saturated rings. The monoisotopic (exact) mass is 247 g/mol. The predicted octanol–water partition coefficient (Wildman–Crippen LogP) is 3.56. The average molecular weight is 248 g/mol. The Morgan fingerprint density at radius 1 is 1.50 bits per heavy atom. The first-order valence-electron chi connectivity index (χ1n) is 3.91. The van der Waals surface area contributed by atoms with Crippen LogP contribution in [-0.2, 0) is 0 Å². The molecule has 1 aromatic heterocycles. The first-order chi connectivity index (χ1) is 5.41. The van der Waals surface area contributed by atoms with Crippen LogP contribution in [0.15, 0.2) is 15.9 Å². The third kappa shape index (κ3) is 2.31. The van der Waals surface area contributed by atoms with E-state index in [1.54, 1.807) is 11.3 Å². The zero-order valence-electron chi connectivity index (χ0n) is 7.60. The second kappa shape index (κ2) is 3.48. The molecule has 0 aliphatic rings. The molecule has 0 aliphatic heterocycles. The van der Waals surface area contributed by atoms with Gasteiger partial charge in [0.2, 0.25) is 0 Å². The van der Waals surface area contributed by atoms with Crippen LogP contribution in [-0.4, -0.2) is 0 Å². The number of nitrogens with two attached hydrogens (primary N) is 1. The van der Waals surface area contributed by atoms with Gasteiger partial charge in [-0.2, -0.15) is 0 Å². The summed E-state index contributed by atoms with van der Waals surface area (Å²) in [4.78, 5) is 1.24. The van der Waals surface area contributed by atoms with Crippen molar-refractivity contribution in [3.63, 3.8) is 0 Å². The topological polar surface area (TPSA) is 26.0 Å². The maximum atomic E-state index is 6.07. The van der Waals surface area contributed by atoms with Crippen molar-refractivity contribution >= 4 is 27.3 Å². The summed E-state index contributed by atoms with van der Waals surface area (Å²) in [6, 6.07) is 2.23. The Labute approximate surface area is 86.1 Å². The zero-order chi connectivity index (χ0) is 9.35. The van der Waals surface area contributed by atoms with E-state index in [0.29, 0.717) is 0 Å². The molecular formula is C9H14BrNS. The molecule has 0 radical (unpaired) electrons. The van der Waals surface area contributed by atoms with Crippen molar-refractivity contribution < 1.29 is 0 Å². The summed E-state index contributed by atoms with van der Waals surface area (Å²) in [5, 5.41) is 2.07. The predicted molar refractivity (Wildman–Crippen MR) is 58.4 cm³/mol. The highest BCUT2D eigenvalue weighted by Crippen LogP contribution is 2.34.